The smallest absolute Gasteiger partial charge is 0.162 e. The van der Waals surface area contributed by atoms with E-state index in [2.05, 4.69) is 0 Å². The number of hydrogen-bond donors (Lipinski definition) is 1. The van der Waals surface area contributed by atoms with Crippen molar-refractivity contribution < 1.29 is 13.9 Å². The van der Waals surface area contributed by atoms with Gasteiger partial charge in [0.05, 0.1) is 6.10 Å². The third-order valence-corrected chi connectivity index (χ3v) is 2.25. The van der Waals surface area contributed by atoms with E-state index in [1.807, 2.05) is 6.92 Å². The molecule has 0 spiro atoms. The number of halogens is 2. The Morgan fingerprint density at radius 1 is 1.36 bits per heavy atom. The minimum atomic E-state index is -0.825. The van der Waals surface area contributed by atoms with Gasteiger partial charge in [0.1, 0.15) is 0 Å². The van der Waals surface area contributed by atoms with Crippen molar-refractivity contribution in [1.29, 1.82) is 0 Å². The van der Waals surface area contributed by atoms with E-state index in [0.717, 1.165) is 6.07 Å². The zero-order chi connectivity index (χ0) is 10.6. The molecule has 0 aliphatic carbocycles. The molecule has 0 bridgehead atoms. The van der Waals surface area contributed by atoms with Crippen molar-refractivity contribution >= 4 is 0 Å². The normalized spacial score (nSPS) is 12.9. The van der Waals surface area contributed by atoms with Gasteiger partial charge < -0.3 is 5.11 Å². The molecule has 0 aliphatic heterocycles. The molecule has 78 valence electrons. The van der Waals surface area contributed by atoms with Crippen molar-refractivity contribution in [3.05, 3.63) is 35.4 Å². The SMILES string of the molecule is CCC(O)CCc1cccc(F)c1F. The van der Waals surface area contributed by atoms with Crippen LogP contribution in [-0.2, 0) is 6.42 Å². The number of rotatable bonds is 4. The van der Waals surface area contributed by atoms with E-state index >= 15 is 0 Å². The standard InChI is InChI=1S/C11H14F2O/c1-2-9(14)7-6-8-4-3-5-10(12)11(8)13/h3-5,9,14H,2,6-7H2,1H3. The van der Waals surface area contributed by atoms with Crippen LogP contribution < -0.4 is 0 Å². The highest BCUT2D eigenvalue weighted by Gasteiger charge is 2.08. The Morgan fingerprint density at radius 2 is 2.07 bits per heavy atom. The first kappa shape index (κ1) is 11.1. The molecule has 0 aliphatic rings. The lowest BCUT2D eigenvalue weighted by Crippen LogP contribution is -2.06. The summed E-state index contributed by atoms with van der Waals surface area (Å²) in [6, 6.07) is 4.11. The van der Waals surface area contributed by atoms with Gasteiger partial charge in [0.2, 0.25) is 0 Å². The van der Waals surface area contributed by atoms with Crippen LogP contribution in [0.5, 0.6) is 0 Å². The molecule has 14 heavy (non-hydrogen) atoms. The summed E-state index contributed by atoms with van der Waals surface area (Å²) >= 11 is 0. The first-order valence-electron chi connectivity index (χ1n) is 4.76. The van der Waals surface area contributed by atoms with E-state index in [1.165, 1.54) is 6.07 Å². The summed E-state index contributed by atoms with van der Waals surface area (Å²) in [7, 11) is 0. The van der Waals surface area contributed by atoms with Crippen LogP contribution in [0.4, 0.5) is 8.78 Å². The molecule has 1 atom stereocenters. The first-order valence-corrected chi connectivity index (χ1v) is 4.76. The molecular weight excluding hydrogens is 186 g/mol. The van der Waals surface area contributed by atoms with E-state index in [9.17, 15) is 13.9 Å². The number of benzene rings is 1. The van der Waals surface area contributed by atoms with Crippen LogP contribution in [0.1, 0.15) is 25.3 Å². The molecule has 3 heteroatoms. The van der Waals surface area contributed by atoms with Crippen molar-refractivity contribution in [3.8, 4) is 0 Å². The molecule has 0 aromatic heterocycles. The fourth-order valence-electron chi connectivity index (χ4n) is 1.27. The molecule has 1 rings (SSSR count). The molecule has 0 heterocycles. The Bertz CT molecular complexity index is 299. The molecule has 0 radical (unpaired) electrons. The summed E-state index contributed by atoms with van der Waals surface area (Å²) in [6.07, 6.45) is 1.05. The molecule has 1 nitrogen and oxygen atoms in total. The predicted molar refractivity (Wildman–Crippen MR) is 51.0 cm³/mol. The van der Waals surface area contributed by atoms with Gasteiger partial charge in [-0.3, -0.25) is 0 Å². The van der Waals surface area contributed by atoms with Gasteiger partial charge in [0.15, 0.2) is 11.6 Å². The number of aliphatic hydroxyl groups excluding tert-OH is 1. The molecule has 1 aromatic carbocycles. The van der Waals surface area contributed by atoms with Crippen LogP contribution >= 0.6 is 0 Å². The topological polar surface area (TPSA) is 20.2 Å². The van der Waals surface area contributed by atoms with Gasteiger partial charge in [-0.2, -0.15) is 0 Å². The largest absolute Gasteiger partial charge is 0.393 e. The molecule has 0 saturated heterocycles. The highest BCUT2D eigenvalue weighted by Crippen LogP contribution is 2.14. The quantitative estimate of drug-likeness (QED) is 0.792. The molecular formula is C11H14F2O. The minimum absolute atomic E-state index is 0.331. The third kappa shape index (κ3) is 2.77. The average molecular weight is 200 g/mol. The van der Waals surface area contributed by atoms with Crippen LogP contribution in [0.25, 0.3) is 0 Å². The van der Waals surface area contributed by atoms with Gasteiger partial charge in [0.25, 0.3) is 0 Å². The van der Waals surface area contributed by atoms with E-state index in [-0.39, 0.29) is 0 Å². The van der Waals surface area contributed by atoms with Gasteiger partial charge in [-0.15, -0.1) is 0 Å². The Balaban J connectivity index is 2.63. The Kier molecular flexibility index (Phi) is 4.01. The van der Waals surface area contributed by atoms with Gasteiger partial charge >= 0.3 is 0 Å². The zero-order valence-electron chi connectivity index (χ0n) is 8.13. The van der Waals surface area contributed by atoms with E-state index in [1.54, 1.807) is 6.07 Å². The maximum atomic E-state index is 13.1. The summed E-state index contributed by atoms with van der Waals surface area (Å²) < 4.78 is 25.8. The summed E-state index contributed by atoms with van der Waals surface area (Å²) in [6.45, 7) is 1.85. The van der Waals surface area contributed by atoms with Gasteiger partial charge in [0, 0.05) is 0 Å². The Labute approximate surface area is 82.4 Å². The lowest BCUT2D eigenvalue weighted by atomic mass is 10.0. The second-order valence-corrected chi connectivity index (χ2v) is 3.31. The van der Waals surface area contributed by atoms with Gasteiger partial charge in [-0.1, -0.05) is 19.1 Å². The monoisotopic (exact) mass is 200 g/mol. The lowest BCUT2D eigenvalue weighted by molar-refractivity contribution is 0.160. The van der Waals surface area contributed by atoms with Crippen LogP contribution in [0.3, 0.4) is 0 Å². The van der Waals surface area contributed by atoms with E-state index in [4.69, 9.17) is 0 Å². The summed E-state index contributed by atoms with van der Waals surface area (Å²) in [5.74, 6) is -1.62. The van der Waals surface area contributed by atoms with Crippen LogP contribution in [0, 0.1) is 11.6 Å². The van der Waals surface area contributed by atoms with Crippen LogP contribution in [0.15, 0.2) is 18.2 Å². The van der Waals surface area contributed by atoms with E-state index < -0.39 is 17.7 Å². The number of aryl methyl sites for hydroxylation is 1. The fraction of sp³-hybridized carbons (Fsp3) is 0.455. The summed E-state index contributed by atoms with van der Waals surface area (Å²) in [5.41, 5.74) is 0.331. The lowest BCUT2D eigenvalue weighted by Gasteiger charge is -2.07. The third-order valence-electron chi connectivity index (χ3n) is 2.25. The van der Waals surface area contributed by atoms with Crippen LogP contribution in [0.2, 0.25) is 0 Å². The molecule has 0 fully saturated rings. The van der Waals surface area contributed by atoms with Crippen molar-refractivity contribution in [2.45, 2.75) is 32.3 Å². The first-order chi connectivity index (χ1) is 6.65. The zero-order valence-corrected chi connectivity index (χ0v) is 8.13. The molecule has 0 amide bonds. The summed E-state index contributed by atoms with van der Waals surface area (Å²) in [5, 5.41) is 9.26. The highest BCUT2D eigenvalue weighted by molar-refractivity contribution is 5.19. The minimum Gasteiger partial charge on any atom is -0.393 e. The molecule has 1 N–H and O–H groups in total. The van der Waals surface area contributed by atoms with Gasteiger partial charge in [-0.25, -0.2) is 8.78 Å². The summed E-state index contributed by atoms with van der Waals surface area (Å²) in [4.78, 5) is 0. The molecule has 0 saturated carbocycles. The highest BCUT2D eigenvalue weighted by atomic mass is 19.2. The Morgan fingerprint density at radius 3 is 2.71 bits per heavy atom. The predicted octanol–water partition coefficient (Wildman–Crippen LogP) is 2.67. The van der Waals surface area contributed by atoms with Crippen molar-refractivity contribution in [3.63, 3.8) is 0 Å². The average Bonchev–Trinajstić information content (AvgIpc) is 2.20. The van der Waals surface area contributed by atoms with Crippen molar-refractivity contribution in [2.24, 2.45) is 0 Å². The number of hydrogen-bond acceptors (Lipinski definition) is 1. The maximum absolute atomic E-state index is 13.1. The maximum Gasteiger partial charge on any atom is 0.162 e. The molecule has 1 aromatic rings. The second kappa shape index (κ2) is 5.05. The van der Waals surface area contributed by atoms with Crippen molar-refractivity contribution in [1.82, 2.24) is 0 Å². The van der Waals surface area contributed by atoms with E-state index in [0.29, 0.717) is 24.8 Å². The van der Waals surface area contributed by atoms with Crippen LogP contribution in [-0.4, -0.2) is 11.2 Å². The Hall–Kier alpha value is -0.960. The van der Waals surface area contributed by atoms with Crippen molar-refractivity contribution in [2.75, 3.05) is 0 Å². The fourth-order valence-corrected chi connectivity index (χ4v) is 1.27. The second-order valence-electron chi connectivity index (χ2n) is 3.31. The van der Waals surface area contributed by atoms with Gasteiger partial charge in [-0.05, 0) is 30.9 Å². The number of aliphatic hydroxyl groups is 1. The molecule has 1 unspecified atom stereocenters.